The summed E-state index contributed by atoms with van der Waals surface area (Å²) in [5.74, 6) is 0.0368. The van der Waals surface area contributed by atoms with E-state index in [0.29, 0.717) is 18.7 Å². The summed E-state index contributed by atoms with van der Waals surface area (Å²) in [4.78, 5) is 26.8. The Bertz CT molecular complexity index is 1010. The van der Waals surface area contributed by atoms with Crippen molar-refractivity contribution in [3.05, 3.63) is 106 Å². The van der Waals surface area contributed by atoms with Crippen molar-refractivity contribution in [2.45, 2.75) is 12.5 Å². The van der Waals surface area contributed by atoms with Crippen LogP contribution in [0.3, 0.4) is 0 Å². The molecular weight excluding hydrogens is 324 g/mol. The highest BCUT2D eigenvalue weighted by molar-refractivity contribution is 5.94. The summed E-state index contributed by atoms with van der Waals surface area (Å²) in [7, 11) is 1.68. The molecule has 130 valence electrons. The molecule has 1 aromatic heterocycles. The standard InChI is InChI=1S/C22H20N2O2/c1-23-12-11-17(13-21(23)25)22(26)24-14-18-9-5-6-10-19(18)20(15-24)16-7-3-2-4-8-16/h2-13,20H,14-15H2,1H3. The number of benzene rings is 2. The van der Waals surface area contributed by atoms with E-state index in [2.05, 4.69) is 24.3 Å². The van der Waals surface area contributed by atoms with E-state index >= 15 is 0 Å². The summed E-state index contributed by atoms with van der Waals surface area (Å²) in [5, 5.41) is 0. The van der Waals surface area contributed by atoms with E-state index in [1.165, 1.54) is 21.8 Å². The minimum Gasteiger partial charge on any atom is -0.333 e. The molecular formula is C22H20N2O2. The van der Waals surface area contributed by atoms with Gasteiger partial charge in [0.25, 0.3) is 11.5 Å². The number of amides is 1. The number of carbonyl (C=O) groups is 1. The van der Waals surface area contributed by atoms with Crippen molar-refractivity contribution in [3.63, 3.8) is 0 Å². The normalized spacial score (nSPS) is 16.2. The maximum atomic E-state index is 13.0. The topological polar surface area (TPSA) is 42.3 Å². The predicted molar refractivity (Wildman–Crippen MR) is 101 cm³/mol. The average molecular weight is 344 g/mol. The number of aryl methyl sites for hydroxylation is 1. The van der Waals surface area contributed by atoms with Crippen molar-refractivity contribution in [1.29, 1.82) is 0 Å². The lowest BCUT2D eigenvalue weighted by Crippen LogP contribution is -2.39. The van der Waals surface area contributed by atoms with Crippen LogP contribution in [0.25, 0.3) is 0 Å². The summed E-state index contributed by atoms with van der Waals surface area (Å²) < 4.78 is 1.47. The number of pyridine rings is 1. The van der Waals surface area contributed by atoms with E-state index in [9.17, 15) is 9.59 Å². The molecule has 4 nitrogen and oxygen atoms in total. The van der Waals surface area contributed by atoms with Crippen LogP contribution in [0.15, 0.2) is 77.7 Å². The van der Waals surface area contributed by atoms with Crippen LogP contribution in [0.2, 0.25) is 0 Å². The second kappa shape index (κ2) is 6.64. The van der Waals surface area contributed by atoms with Gasteiger partial charge in [0.2, 0.25) is 0 Å². The molecule has 1 atom stereocenters. The van der Waals surface area contributed by atoms with Gasteiger partial charge >= 0.3 is 0 Å². The quantitative estimate of drug-likeness (QED) is 0.717. The van der Waals surface area contributed by atoms with Gasteiger partial charge in [-0.2, -0.15) is 0 Å². The molecule has 0 aliphatic carbocycles. The van der Waals surface area contributed by atoms with Crippen molar-refractivity contribution in [2.75, 3.05) is 6.54 Å². The molecule has 0 saturated carbocycles. The monoisotopic (exact) mass is 344 g/mol. The smallest absolute Gasteiger partial charge is 0.254 e. The number of rotatable bonds is 2. The van der Waals surface area contributed by atoms with E-state index in [0.717, 1.165) is 5.56 Å². The Labute approximate surface area is 152 Å². The second-order valence-corrected chi connectivity index (χ2v) is 6.71. The van der Waals surface area contributed by atoms with Crippen LogP contribution in [-0.4, -0.2) is 21.9 Å². The highest BCUT2D eigenvalue weighted by Gasteiger charge is 2.29. The van der Waals surface area contributed by atoms with Crippen LogP contribution < -0.4 is 5.56 Å². The molecule has 0 saturated heterocycles. The lowest BCUT2D eigenvalue weighted by molar-refractivity contribution is 0.0724. The van der Waals surface area contributed by atoms with Crippen LogP contribution in [-0.2, 0) is 13.6 Å². The number of nitrogens with zero attached hydrogens (tertiary/aromatic N) is 2. The molecule has 0 fully saturated rings. The zero-order valence-electron chi connectivity index (χ0n) is 14.6. The third kappa shape index (κ3) is 2.94. The first-order valence-corrected chi connectivity index (χ1v) is 8.72. The largest absolute Gasteiger partial charge is 0.333 e. The molecule has 3 aromatic rings. The zero-order valence-corrected chi connectivity index (χ0v) is 14.6. The third-order valence-corrected chi connectivity index (χ3v) is 5.04. The highest BCUT2D eigenvalue weighted by atomic mass is 16.2. The molecule has 2 heterocycles. The summed E-state index contributed by atoms with van der Waals surface area (Å²) in [6, 6.07) is 21.7. The van der Waals surface area contributed by atoms with Crippen LogP contribution in [0.1, 0.15) is 33.0 Å². The molecule has 0 spiro atoms. The number of hydrogen-bond acceptors (Lipinski definition) is 2. The molecule has 1 unspecified atom stereocenters. The SMILES string of the molecule is Cn1ccc(C(=O)N2Cc3ccccc3C(c3ccccc3)C2)cc1=O. The molecule has 0 bridgehead atoms. The van der Waals surface area contributed by atoms with Gasteiger partial charge in [0.15, 0.2) is 0 Å². The number of aromatic nitrogens is 1. The summed E-state index contributed by atoms with van der Waals surface area (Å²) in [6.45, 7) is 1.17. The predicted octanol–water partition coefficient (Wildman–Crippen LogP) is 3.17. The fraction of sp³-hybridized carbons (Fsp3) is 0.182. The number of carbonyl (C=O) groups excluding carboxylic acids is 1. The average Bonchev–Trinajstić information content (AvgIpc) is 2.69. The van der Waals surface area contributed by atoms with E-state index in [1.807, 2.05) is 35.2 Å². The van der Waals surface area contributed by atoms with Gasteiger partial charge in [0.05, 0.1) is 0 Å². The Kier molecular flexibility index (Phi) is 4.17. The first-order chi connectivity index (χ1) is 12.6. The zero-order chi connectivity index (χ0) is 18.1. The summed E-state index contributed by atoms with van der Waals surface area (Å²) in [5.41, 5.74) is 3.89. The van der Waals surface area contributed by atoms with Crippen LogP contribution in [0.4, 0.5) is 0 Å². The summed E-state index contributed by atoms with van der Waals surface area (Å²) in [6.07, 6.45) is 1.64. The first-order valence-electron chi connectivity index (χ1n) is 8.72. The third-order valence-electron chi connectivity index (χ3n) is 5.04. The Morgan fingerprint density at radius 1 is 1.00 bits per heavy atom. The van der Waals surface area contributed by atoms with Crippen molar-refractivity contribution < 1.29 is 4.79 Å². The fourth-order valence-electron chi connectivity index (χ4n) is 3.60. The molecule has 0 radical (unpaired) electrons. The van der Waals surface area contributed by atoms with Gasteiger partial charge in [0, 0.05) is 43.9 Å². The first kappa shape index (κ1) is 16.3. The van der Waals surface area contributed by atoms with Crippen molar-refractivity contribution in [3.8, 4) is 0 Å². The Morgan fingerprint density at radius 3 is 2.50 bits per heavy atom. The molecule has 1 amide bonds. The molecule has 2 aromatic carbocycles. The maximum Gasteiger partial charge on any atom is 0.254 e. The maximum absolute atomic E-state index is 13.0. The van der Waals surface area contributed by atoms with E-state index in [-0.39, 0.29) is 17.4 Å². The van der Waals surface area contributed by atoms with Crippen molar-refractivity contribution in [1.82, 2.24) is 9.47 Å². The number of hydrogen-bond donors (Lipinski definition) is 0. The van der Waals surface area contributed by atoms with E-state index in [4.69, 9.17) is 0 Å². The lowest BCUT2D eigenvalue weighted by atomic mass is 9.84. The molecule has 1 aliphatic heterocycles. The van der Waals surface area contributed by atoms with Gasteiger partial charge in [0.1, 0.15) is 0 Å². The fourth-order valence-corrected chi connectivity index (χ4v) is 3.60. The van der Waals surface area contributed by atoms with Gasteiger partial charge in [-0.3, -0.25) is 9.59 Å². The van der Waals surface area contributed by atoms with Gasteiger partial charge in [-0.05, 0) is 22.8 Å². The Hall–Kier alpha value is -3.14. The minimum absolute atomic E-state index is 0.0989. The molecule has 4 rings (SSSR count). The second-order valence-electron chi connectivity index (χ2n) is 6.71. The molecule has 4 heteroatoms. The summed E-state index contributed by atoms with van der Waals surface area (Å²) >= 11 is 0. The number of fused-ring (bicyclic) bond motifs is 1. The van der Waals surface area contributed by atoms with Crippen molar-refractivity contribution >= 4 is 5.91 Å². The Balaban J connectivity index is 1.72. The van der Waals surface area contributed by atoms with Crippen LogP contribution in [0, 0.1) is 0 Å². The van der Waals surface area contributed by atoms with E-state index in [1.54, 1.807) is 19.3 Å². The van der Waals surface area contributed by atoms with Crippen LogP contribution in [0.5, 0.6) is 0 Å². The highest BCUT2D eigenvalue weighted by Crippen LogP contribution is 2.33. The van der Waals surface area contributed by atoms with Gasteiger partial charge < -0.3 is 9.47 Å². The van der Waals surface area contributed by atoms with Gasteiger partial charge in [-0.25, -0.2) is 0 Å². The minimum atomic E-state index is -0.173. The van der Waals surface area contributed by atoms with Crippen LogP contribution >= 0.6 is 0 Å². The Morgan fingerprint density at radius 2 is 1.73 bits per heavy atom. The van der Waals surface area contributed by atoms with E-state index < -0.39 is 0 Å². The molecule has 0 N–H and O–H groups in total. The van der Waals surface area contributed by atoms with Gasteiger partial charge in [-0.15, -0.1) is 0 Å². The van der Waals surface area contributed by atoms with Gasteiger partial charge in [-0.1, -0.05) is 54.6 Å². The molecule has 1 aliphatic rings. The van der Waals surface area contributed by atoms with Crippen molar-refractivity contribution in [2.24, 2.45) is 7.05 Å². The lowest BCUT2D eigenvalue weighted by Gasteiger charge is -2.35. The molecule has 26 heavy (non-hydrogen) atoms.